The molecule has 1 aromatic heterocycles. The Morgan fingerprint density at radius 2 is 2.57 bits per heavy atom. The summed E-state index contributed by atoms with van der Waals surface area (Å²) in [7, 11) is 0. The van der Waals surface area contributed by atoms with Gasteiger partial charge in [-0.1, -0.05) is 0 Å². The average molecular weight is 211 g/mol. The molecule has 1 amide bonds. The number of amides is 1. The number of aryl methyl sites for hydroxylation is 1. The normalized spacial score (nSPS) is 22.0. The van der Waals surface area contributed by atoms with Crippen LogP contribution in [0.5, 0.6) is 0 Å². The second-order valence-corrected chi connectivity index (χ2v) is 4.92. The highest BCUT2D eigenvalue weighted by atomic mass is 32.1. The van der Waals surface area contributed by atoms with Crippen molar-refractivity contribution in [3.8, 4) is 0 Å². The lowest BCUT2D eigenvalue weighted by Crippen LogP contribution is -2.27. The summed E-state index contributed by atoms with van der Waals surface area (Å²) in [5.74, 6) is 0.144. The molecule has 0 aromatic carbocycles. The lowest BCUT2D eigenvalue weighted by molar-refractivity contribution is -0.128. The second kappa shape index (κ2) is 3.67. The fraction of sp³-hybridized carbons (Fsp3) is 0.556. The predicted octanol–water partition coefficient (Wildman–Crippen LogP) is 0.511. The van der Waals surface area contributed by atoms with Gasteiger partial charge in [-0.3, -0.25) is 4.79 Å². The minimum Gasteiger partial charge on any atom is -0.334 e. The Bertz CT molecular complexity index is 350. The van der Waals surface area contributed by atoms with E-state index in [-0.39, 0.29) is 11.9 Å². The van der Waals surface area contributed by atoms with Gasteiger partial charge in [0, 0.05) is 30.1 Å². The summed E-state index contributed by atoms with van der Waals surface area (Å²) in [6.45, 7) is 3.29. The van der Waals surface area contributed by atoms with Crippen molar-refractivity contribution >= 4 is 17.2 Å². The number of nitrogens with two attached hydrogens (primary N) is 1. The molecule has 1 saturated heterocycles. The molecule has 2 heterocycles. The van der Waals surface area contributed by atoms with Crippen LogP contribution >= 0.6 is 11.3 Å². The van der Waals surface area contributed by atoms with Crippen LogP contribution in [-0.4, -0.2) is 28.4 Å². The summed E-state index contributed by atoms with van der Waals surface area (Å²) < 4.78 is 0. The number of thiazole rings is 1. The molecule has 4 nitrogen and oxygen atoms in total. The minimum atomic E-state index is 0.00330. The molecule has 1 unspecified atom stereocenters. The highest BCUT2D eigenvalue weighted by Gasteiger charge is 2.27. The monoisotopic (exact) mass is 211 g/mol. The molecule has 1 fully saturated rings. The number of hydrogen-bond donors (Lipinski definition) is 1. The van der Waals surface area contributed by atoms with Gasteiger partial charge in [0.05, 0.1) is 6.54 Å². The number of hydrogen-bond acceptors (Lipinski definition) is 4. The van der Waals surface area contributed by atoms with E-state index in [9.17, 15) is 4.79 Å². The highest BCUT2D eigenvalue weighted by molar-refractivity contribution is 7.11. The Morgan fingerprint density at radius 3 is 3.07 bits per heavy atom. The molecular formula is C9H13N3OS. The predicted molar refractivity (Wildman–Crippen MR) is 54.9 cm³/mol. The van der Waals surface area contributed by atoms with Crippen molar-refractivity contribution in [3.63, 3.8) is 0 Å². The standard InChI is InChI=1S/C9H13N3OS/c1-6-3-11-8(14-6)5-12-4-7(10)2-9(12)13/h3,7H,2,4-5,10H2,1H3. The van der Waals surface area contributed by atoms with Crippen molar-refractivity contribution in [1.29, 1.82) is 0 Å². The highest BCUT2D eigenvalue weighted by Crippen LogP contribution is 2.17. The zero-order valence-corrected chi connectivity index (χ0v) is 8.88. The van der Waals surface area contributed by atoms with Crippen LogP contribution in [0.3, 0.4) is 0 Å². The Labute approximate surface area is 86.7 Å². The van der Waals surface area contributed by atoms with Crippen LogP contribution < -0.4 is 5.73 Å². The smallest absolute Gasteiger partial charge is 0.224 e. The number of carbonyl (C=O) groups is 1. The van der Waals surface area contributed by atoms with Gasteiger partial charge in [-0.05, 0) is 6.92 Å². The maximum atomic E-state index is 11.4. The van der Waals surface area contributed by atoms with E-state index in [2.05, 4.69) is 4.98 Å². The molecule has 1 aromatic rings. The summed E-state index contributed by atoms with van der Waals surface area (Å²) in [6, 6.07) is 0.00330. The van der Waals surface area contributed by atoms with Crippen LogP contribution in [0, 0.1) is 6.92 Å². The van der Waals surface area contributed by atoms with Crippen LogP contribution in [0.1, 0.15) is 16.3 Å². The van der Waals surface area contributed by atoms with Gasteiger partial charge in [-0.2, -0.15) is 0 Å². The molecule has 0 spiro atoms. The fourth-order valence-corrected chi connectivity index (χ4v) is 2.40. The van der Waals surface area contributed by atoms with Crippen LogP contribution in [-0.2, 0) is 11.3 Å². The molecule has 0 saturated carbocycles. The van der Waals surface area contributed by atoms with Gasteiger partial charge < -0.3 is 10.6 Å². The Kier molecular flexibility index (Phi) is 2.52. The van der Waals surface area contributed by atoms with Crippen molar-refractivity contribution in [1.82, 2.24) is 9.88 Å². The van der Waals surface area contributed by atoms with Crippen LogP contribution in [0.15, 0.2) is 6.20 Å². The molecule has 1 aliphatic rings. The van der Waals surface area contributed by atoms with Crippen molar-refractivity contribution in [2.24, 2.45) is 5.73 Å². The molecule has 1 atom stereocenters. The molecule has 1 aliphatic heterocycles. The third kappa shape index (κ3) is 1.93. The first-order chi connectivity index (χ1) is 6.65. The molecule has 0 aliphatic carbocycles. The maximum absolute atomic E-state index is 11.4. The maximum Gasteiger partial charge on any atom is 0.224 e. The second-order valence-electron chi connectivity index (χ2n) is 3.60. The van der Waals surface area contributed by atoms with Gasteiger partial charge in [0.15, 0.2) is 0 Å². The zero-order chi connectivity index (χ0) is 10.1. The molecule has 0 radical (unpaired) electrons. The summed E-state index contributed by atoms with van der Waals surface area (Å²) >= 11 is 1.63. The lowest BCUT2D eigenvalue weighted by Gasteiger charge is -2.13. The molecule has 76 valence electrons. The lowest BCUT2D eigenvalue weighted by atomic mass is 10.3. The van der Waals surface area contributed by atoms with E-state index in [0.717, 1.165) is 5.01 Å². The van der Waals surface area contributed by atoms with Crippen LogP contribution in [0.2, 0.25) is 0 Å². The first-order valence-corrected chi connectivity index (χ1v) is 5.41. The van der Waals surface area contributed by atoms with E-state index < -0.39 is 0 Å². The van der Waals surface area contributed by atoms with Gasteiger partial charge in [0.1, 0.15) is 5.01 Å². The largest absolute Gasteiger partial charge is 0.334 e. The summed E-state index contributed by atoms with van der Waals surface area (Å²) in [6.07, 6.45) is 2.31. The van der Waals surface area contributed by atoms with E-state index in [1.165, 1.54) is 4.88 Å². The topological polar surface area (TPSA) is 59.2 Å². The molecule has 2 N–H and O–H groups in total. The van der Waals surface area contributed by atoms with E-state index >= 15 is 0 Å². The molecule has 2 rings (SSSR count). The Balaban J connectivity index is 2.01. The Morgan fingerprint density at radius 1 is 1.79 bits per heavy atom. The van der Waals surface area contributed by atoms with Gasteiger partial charge in [0.25, 0.3) is 0 Å². The molecular weight excluding hydrogens is 198 g/mol. The number of carbonyl (C=O) groups excluding carboxylic acids is 1. The summed E-state index contributed by atoms with van der Waals surface area (Å²) in [4.78, 5) is 18.6. The van der Waals surface area contributed by atoms with Crippen LogP contribution in [0.4, 0.5) is 0 Å². The van der Waals surface area contributed by atoms with E-state index in [0.29, 0.717) is 19.5 Å². The fourth-order valence-electron chi connectivity index (χ4n) is 1.59. The quantitative estimate of drug-likeness (QED) is 0.775. The van der Waals surface area contributed by atoms with E-state index in [4.69, 9.17) is 5.73 Å². The van der Waals surface area contributed by atoms with Gasteiger partial charge in [-0.15, -0.1) is 11.3 Å². The zero-order valence-electron chi connectivity index (χ0n) is 8.06. The number of likely N-dealkylation sites (tertiary alicyclic amines) is 1. The van der Waals surface area contributed by atoms with Crippen molar-refractivity contribution in [2.75, 3.05) is 6.54 Å². The Hall–Kier alpha value is -0.940. The summed E-state index contributed by atoms with van der Waals surface area (Å²) in [5, 5.41) is 0.991. The molecule has 5 heteroatoms. The molecule has 0 bridgehead atoms. The first-order valence-electron chi connectivity index (χ1n) is 4.60. The van der Waals surface area contributed by atoms with Gasteiger partial charge >= 0.3 is 0 Å². The first kappa shape index (κ1) is 9.61. The van der Waals surface area contributed by atoms with Crippen molar-refractivity contribution in [3.05, 3.63) is 16.1 Å². The third-order valence-corrected chi connectivity index (χ3v) is 3.14. The number of rotatable bonds is 2. The molecule has 14 heavy (non-hydrogen) atoms. The van der Waals surface area contributed by atoms with Crippen molar-refractivity contribution < 1.29 is 4.79 Å². The van der Waals surface area contributed by atoms with Gasteiger partial charge in [0.2, 0.25) is 5.91 Å². The SMILES string of the molecule is Cc1cnc(CN2CC(N)CC2=O)s1. The number of nitrogens with zero attached hydrogens (tertiary/aromatic N) is 2. The van der Waals surface area contributed by atoms with Crippen molar-refractivity contribution in [2.45, 2.75) is 25.9 Å². The van der Waals surface area contributed by atoms with Gasteiger partial charge in [-0.25, -0.2) is 4.98 Å². The van der Waals surface area contributed by atoms with E-state index in [1.54, 1.807) is 16.2 Å². The van der Waals surface area contributed by atoms with Crippen LogP contribution in [0.25, 0.3) is 0 Å². The summed E-state index contributed by atoms with van der Waals surface area (Å²) in [5.41, 5.74) is 5.69. The number of aromatic nitrogens is 1. The minimum absolute atomic E-state index is 0.00330. The third-order valence-electron chi connectivity index (χ3n) is 2.24. The van der Waals surface area contributed by atoms with E-state index in [1.807, 2.05) is 13.1 Å². The average Bonchev–Trinajstić information content (AvgIpc) is 2.61.